The Labute approximate surface area is 102 Å². The van der Waals surface area contributed by atoms with E-state index in [0.29, 0.717) is 11.5 Å². The summed E-state index contributed by atoms with van der Waals surface area (Å²) in [6, 6.07) is 0.625. The van der Waals surface area contributed by atoms with Gasteiger partial charge < -0.3 is 5.32 Å². The van der Waals surface area contributed by atoms with Gasteiger partial charge in [0.1, 0.15) is 0 Å². The van der Waals surface area contributed by atoms with Crippen molar-refractivity contribution < 1.29 is 0 Å². The molecule has 1 N–H and O–H groups in total. The van der Waals surface area contributed by atoms with Crippen LogP contribution >= 0.6 is 0 Å². The van der Waals surface area contributed by atoms with Crippen molar-refractivity contribution in [1.29, 1.82) is 0 Å². The van der Waals surface area contributed by atoms with E-state index in [1.54, 1.807) is 5.57 Å². The van der Waals surface area contributed by atoms with Gasteiger partial charge in [0.2, 0.25) is 0 Å². The molecule has 0 spiro atoms. The van der Waals surface area contributed by atoms with E-state index in [-0.39, 0.29) is 0 Å². The molecule has 94 valence electrons. The number of nitrogens with one attached hydrogen (secondary N) is 1. The van der Waals surface area contributed by atoms with Crippen LogP contribution in [0.1, 0.15) is 59.8 Å². The first-order valence-electron chi connectivity index (χ1n) is 6.78. The van der Waals surface area contributed by atoms with E-state index in [9.17, 15) is 0 Å². The molecule has 1 nitrogen and oxygen atoms in total. The molecule has 1 aliphatic carbocycles. The minimum absolute atomic E-state index is 0.460. The number of hydrogen-bond donors (Lipinski definition) is 1. The van der Waals surface area contributed by atoms with Crippen molar-refractivity contribution in [2.24, 2.45) is 11.3 Å². The normalized spacial score (nSPS) is 20.7. The summed E-state index contributed by atoms with van der Waals surface area (Å²) >= 11 is 0. The third-order valence-corrected chi connectivity index (χ3v) is 3.47. The molecule has 1 rings (SSSR count). The van der Waals surface area contributed by atoms with Gasteiger partial charge >= 0.3 is 0 Å². The summed E-state index contributed by atoms with van der Waals surface area (Å²) in [4.78, 5) is 0. The number of allylic oxidation sites excluding steroid dienone is 1. The van der Waals surface area contributed by atoms with Gasteiger partial charge in [-0.05, 0) is 50.5 Å². The molecule has 0 saturated heterocycles. The van der Waals surface area contributed by atoms with Crippen LogP contribution in [0.25, 0.3) is 0 Å². The van der Waals surface area contributed by atoms with Crippen LogP contribution in [-0.4, -0.2) is 13.1 Å². The van der Waals surface area contributed by atoms with Crippen LogP contribution in [0.5, 0.6) is 0 Å². The maximum Gasteiger partial charge on any atom is 0.0279 e. The summed E-state index contributed by atoms with van der Waals surface area (Å²) in [5, 5.41) is 3.49. The van der Waals surface area contributed by atoms with Gasteiger partial charge in [0.15, 0.2) is 0 Å². The van der Waals surface area contributed by atoms with Gasteiger partial charge in [-0.1, -0.05) is 39.3 Å². The van der Waals surface area contributed by atoms with Gasteiger partial charge in [0.25, 0.3) is 0 Å². The molecule has 0 fully saturated rings. The first kappa shape index (κ1) is 13.8. The Morgan fingerprint density at radius 2 is 2.06 bits per heavy atom. The molecule has 0 aromatic rings. The summed E-state index contributed by atoms with van der Waals surface area (Å²) in [5.41, 5.74) is 2.12. The molecule has 0 bridgehead atoms. The molecule has 1 heteroatoms. The maximum absolute atomic E-state index is 3.49. The molecule has 2 unspecified atom stereocenters. The average molecular weight is 223 g/mol. The second kappa shape index (κ2) is 5.86. The highest BCUT2D eigenvalue weighted by Crippen LogP contribution is 2.30. The third-order valence-electron chi connectivity index (χ3n) is 3.47. The van der Waals surface area contributed by atoms with Gasteiger partial charge in [0, 0.05) is 6.04 Å². The van der Waals surface area contributed by atoms with Crippen LogP contribution in [0.2, 0.25) is 0 Å². The summed E-state index contributed by atoms with van der Waals surface area (Å²) in [5.74, 6) is 0.805. The highest BCUT2D eigenvalue weighted by Gasteiger charge is 2.21. The van der Waals surface area contributed by atoms with Crippen molar-refractivity contribution in [2.45, 2.75) is 65.8 Å². The second-order valence-corrected chi connectivity index (χ2v) is 6.62. The van der Waals surface area contributed by atoms with E-state index >= 15 is 0 Å². The van der Waals surface area contributed by atoms with Gasteiger partial charge in [-0.2, -0.15) is 0 Å². The van der Waals surface area contributed by atoms with Crippen LogP contribution < -0.4 is 5.32 Å². The summed E-state index contributed by atoms with van der Waals surface area (Å²) in [7, 11) is 2.10. The molecule has 0 aromatic heterocycles. The van der Waals surface area contributed by atoms with E-state index in [1.807, 2.05) is 0 Å². The van der Waals surface area contributed by atoms with Crippen LogP contribution in [-0.2, 0) is 0 Å². The molecular formula is C15H29N. The van der Waals surface area contributed by atoms with Crippen LogP contribution in [0.15, 0.2) is 11.6 Å². The maximum atomic E-state index is 3.49. The molecule has 0 aliphatic heterocycles. The second-order valence-electron chi connectivity index (χ2n) is 6.62. The molecular weight excluding hydrogens is 194 g/mol. The summed E-state index contributed by atoms with van der Waals surface area (Å²) < 4.78 is 0. The van der Waals surface area contributed by atoms with E-state index in [2.05, 4.69) is 46.1 Å². The van der Waals surface area contributed by atoms with E-state index in [4.69, 9.17) is 0 Å². The SMILES string of the molecule is CNC(CC(C)CC(C)(C)C)C1=CCCC1. The summed E-state index contributed by atoms with van der Waals surface area (Å²) in [6.45, 7) is 9.41. The lowest BCUT2D eigenvalue weighted by Gasteiger charge is -2.27. The first-order valence-corrected chi connectivity index (χ1v) is 6.78. The molecule has 0 heterocycles. The van der Waals surface area contributed by atoms with Crippen LogP contribution in [0.3, 0.4) is 0 Å². The lowest BCUT2D eigenvalue weighted by Crippen LogP contribution is -2.29. The fourth-order valence-corrected chi connectivity index (χ4v) is 3.00. The van der Waals surface area contributed by atoms with Gasteiger partial charge in [-0.15, -0.1) is 0 Å². The number of rotatable bonds is 5. The predicted molar refractivity (Wildman–Crippen MR) is 72.6 cm³/mol. The quantitative estimate of drug-likeness (QED) is 0.691. The van der Waals surface area contributed by atoms with Crippen molar-refractivity contribution in [3.05, 3.63) is 11.6 Å². The molecule has 0 saturated carbocycles. The van der Waals surface area contributed by atoms with E-state index in [1.165, 1.54) is 32.1 Å². The molecule has 2 atom stereocenters. The van der Waals surface area contributed by atoms with Crippen molar-refractivity contribution in [3.8, 4) is 0 Å². The smallest absolute Gasteiger partial charge is 0.0279 e. The van der Waals surface area contributed by atoms with E-state index < -0.39 is 0 Å². The van der Waals surface area contributed by atoms with E-state index in [0.717, 1.165) is 5.92 Å². The standard InChI is InChI=1S/C15H29N/c1-12(11-15(2,3)4)10-14(16-5)13-8-6-7-9-13/h8,12,14,16H,6-7,9-11H2,1-5H3. The van der Waals surface area contributed by atoms with Crippen molar-refractivity contribution in [3.63, 3.8) is 0 Å². The highest BCUT2D eigenvalue weighted by molar-refractivity contribution is 5.15. The molecule has 1 aliphatic rings. The van der Waals surface area contributed by atoms with Gasteiger partial charge in [0.05, 0.1) is 0 Å². The van der Waals surface area contributed by atoms with Crippen LogP contribution in [0.4, 0.5) is 0 Å². The zero-order valence-electron chi connectivity index (χ0n) is 11.8. The molecule has 0 amide bonds. The molecule has 16 heavy (non-hydrogen) atoms. The van der Waals surface area contributed by atoms with Crippen molar-refractivity contribution in [2.75, 3.05) is 7.05 Å². The van der Waals surface area contributed by atoms with Crippen molar-refractivity contribution >= 4 is 0 Å². The lowest BCUT2D eigenvalue weighted by molar-refractivity contribution is 0.284. The first-order chi connectivity index (χ1) is 7.42. The lowest BCUT2D eigenvalue weighted by atomic mass is 9.82. The Morgan fingerprint density at radius 3 is 2.50 bits per heavy atom. The monoisotopic (exact) mass is 223 g/mol. The Balaban J connectivity index is 2.43. The molecule has 0 aromatic carbocycles. The zero-order valence-corrected chi connectivity index (χ0v) is 11.8. The largest absolute Gasteiger partial charge is 0.313 e. The van der Waals surface area contributed by atoms with Gasteiger partial charge in [-0.3, -0.25) is 0 Å². The van der Waals surface area contributed by atoms with Gasteiger partial charge in [-0.25, -0.2) is 0 Å². The highest BCUT2D eigenvalue weighted by atomic mass is 14.9. The van der Waals surface area contributed by atoms with Crippen molar-refractivity contribution in [1.82, 2.24) is 5.32 Å². The Morgan fingerprint density at radius 1 is 1.38 bits per heavy atom. The topological polar surface area (TPSA) is 12.0 Å². The fourth-order valence-electron chi connectivity index (χ4n) is 3.00. The van der Waals surface area contributed by atoms with Crippen LogP contribution in [0, 0.1) is 11.3 Å². The minimum Gasteiger partial charge on any atom is -0.313 e. The summed E-state index contributed by atoms with van der Waals surface area (Å²) in [6.07, 6.45) is 9.03. The number of hydrogen-bond acceptors (Lipinski definition) is 1. The number of likely N-dealkylation sites (N-methyl/N-ethyl adjacent to an activating group) is 1. The Bertz CT molecular complexity index is 234. The minimum atomic E-state index is 0.460. The molecule has 0 radical (unpaired) electrons. The predicted octanol–water partition coefficient (Wildman–Crippen LogP) is 4.15. The third kappa shape index (κ3) is 4.69. The Hall–Kier alpha value is -0.300. The fraction of sp³-hybridized carbons (Fsp3) is 0.867. The Kier molecular flexibility index (Phi) is 5.04. The zero-order chi connectivity index (χ0) is 12.2. The average Bonchev–Trinajstić information content (AvgIpc) is 2.63.